The van der Waals surface area contributed by atoms with Gasteiger partial charge in [-0.1, -0.05) is 0 Å². The number of hydrogen-bond acceptors (Lipinski definition) is 3. The molecule has 66 valence electrons. The molecule has 4 nitrogen and oxygen atoms in total. The number of rotatable bonds is 1. The van der Waals surface area contributed by atoms with Crippen molar-refractivity contribution in [3.63, 3.8) is 0 Å². The minimum absolute atomic E-state index is 0.299. The number of aromatic nitrogens is 2. The summed E-state index contributed by atoms with van der Waals surface area (Å²) in [4.78, 5) is 0. The Labute approximate surface area is 65.4 Å². The summed E-state index contributed by atoms with van der Waals surface area (Å²) < 4.78 is 35.1. The van der Waals surface area contributed by atoms with E-state index in [2.05, 4.69) is 5.10 Å². The SMILES string of the molecule is OB(O)c1cnn(C(F)(F)F)c1. The molecule has 0 radical (unpaired) electrons. The molecule has 1 aromatic rings. The van der Waals surface area contributed by atoms with Crippen molar-refractivity contribution in [1.29, 1.82) is 0 Å². The van der Waals surface area contributed by atoms with Crippen molar-refractivity contribution in [2.24, 2.45) is 0 Å². The van der Waals surface area contributed by atoms with Crippen molar-refractivity contribution >= 4 is 12.6 Å². The van der Waals surface area contributed by atoms with Gasteiger partial charge in [0.05, 0.1) is 0 Å². The second-order valence-electron chi connectivity index (χ2n) is 2.06. The molecule has 0 aliphatic rings. The van der Waals surface area contributed by atoms with Crippen LogP contribution in [0.5, 0.6) is 0 Å². The van der Waals surface area contributed by atoms with Crippen LogP contribution in [0.1, 0.15) is 0 Å². The molecule has 0 bridgehead atoms. The first-order valence-electron chi connectivity index (χ1n) is 2.89. The Morgan fingerprint density at radius 3 is 2.25 bits per heavy atom. The fraction of sp³-hybridized carbons (Fsp3) is 0.250. The molecule has 0 saturated carbocycles. The largest absolute Gasteiger partial charge is 0.504 e. The molecule has 8 heteroatoms. The highest BCUT2D eigenvalue weighted by Crippen LogP contribution is 2.19. The predicted molar refractivity (Wildman–Crippen MR) is 33.4 cm³/mol. The Hall–Kier alpha value is -1.02. The first-order chi connectivity index (χ1) is 5.41. The van der Waals surface area contributed by atoms with E-state index in [0.29, 0.717) is 6.20 Å². The van der Waals surface area contributed by atoms with Gasteiger partial charge in [0.15, 0.2) is 0 Å². The monoisotopic (exact) mass is 180 g/mol. The van der Waals surface area contributed by atoms with Crippen molar-refractivity contribution in [2.45, 2.75) is 6.30 Å². The molecule has 0 amide bonds. The Morgan fingerprint density at radius 2 is 2.00 bits per heavy atom. The minimum atomic E-state index is -4.62. The molecular formula is C4H4BF3N2O2. The van der Waals surface area contributed by atoms with Gasteiger partial charge in [-0.2, -0.15) is 9.78 Å². The van der Waals surface area contributed by atoms with E-state index in [1.165, 1.54) is 0 Å². The molecule has 0 aliphatic heterocycles. The maximum atomic E-state index is 11.8. The summed E-state index contributed by atoms with van der Waals surface area (Å²) >= 11 is 0. The highest BCUT2D eigenvalue weighted by molar-refractivity contribution is 6.58. The highest BCUT2D eigenvalue weighted by Gasteiger charge is 2.32. The molecule has 0 aromatic carbocycles. The fourth-order valence-corrected chi connectivity index (χ4v) is 0.609. The summed E-state index contributed by atoms with van der Waals surface area (Å²) in [5.41, 5.74) is -0.299. The number of alkyl halides is 3. The maximum absolute atomic E-state index is 11.8. The molecule has 0 saturated heterocycles. The van der Waals surface area contributed by atoms with E-state index in [-0.39, 0.29) is 10.1 Å². The van der Waals surface area contributed by atoms with Crippen LogP contribution in [0, 0.1) is 0 Å². The lowest BCUT2D eigenvalue weighted by molar-refractivity contribution is -0.212. The normalized spacial score (nSPS) is 11.8. The standard InChI is InChI=1S/C4H4BF3N2O2/c6-4(7,8)10-2-3(1-9-10)5(11)12/h1-2,11-12H. The van der Waals surface area contributed by atoms with Crippen molar-refractivity contribution < 1.29 is 23.2 Å². The van der Waals surface area contributed by atoms with Crippen LogP contribution in [-0.4, -0.2) is 26.9 Å². The summed E-state index contributed by atoms with van der Waals surface area (Å²) in [7, 11) is -1.93. The van der Waals surface area contributed by atoms with E-state index < -0.39 is 13.4 Å². The Balaban J connectivity index is 2.92. The molecule has 0 atom stereocenters. The number of halogens is 3. The van der Waals surface area contributed by atoms with Crippen LogP contribution in [0.15, 0.2) is 12.4 Å². The van der Waals surface area contributed by atoms with E-state index in [9.17, 15) is 13.2 Å². The van der Waals surface area contributed by atoms with Gasteiger partial charge in [-0.3, -0.25) is 0 Å². The van der Waals surface area contributed by atoms with Gasteiger partial charge in [0.1, 0.15) is 0 Å². The van der Waals surface area contributed by atoms with Crippen LogP contribution in [0.25, 0.3) is 0 Å². The zero-order valence-corrected chi connectivity index (χ0v) is 5.65. The lowest BCUT2D eigenvalue weighted by Crippen LogP contribution is -2.29. The lowest BCUT2D eigenvalue weighted by atomic mass is 9.83. The first kappa shape index (κ1) is 9.08. The molecule has 0 aliphatic carbocycles. The van der Waals surface area contributed by atoms with E-state index in [1.807, 2.05) is 0 Å². The first-order valence-corrected chi connectivity index (χ1v) is 2.89. The van der Waals surface area contributed by atoms with Crippen LogP contribution >= 0.6 is 0 Å². The predicted octanol–water partition coefficient (Wildman–Crippen LogP) is -0.961. The van der Waals surface area contributed by atoms with Gasteiger partial charge >= 0.3 is 13.4 Å². The summed E-state index contributed by atoms with van der Waals surface area (Å²) in [6.07, 6.45) is -3.38. The van der Waals surface area contributed by atoms with Gasteiger partial charge in [0.25, 0.3) is 0 Å². The molecule has 12 heavy (non-hydrogen) atoms. The Bertz CT molecular complexity index is 272. The van der Waals surface area contributed by atoms with Crippen LogP contribution in [0.4, 0.5) is 13.2 Å². The van der Waals surface area contributed by atoms with Crippen LogP contribution in [-0.2, 0) is 6.30 Å². The zero-order chi connectivity index (χ0) is 9.35. The molecule has 1 aromatic heterocycles. The van der Waals surface area contributed by atoms with Crippen molar-refractivity contribution in [2.75, 3.05) is 0 Å². The van der Waals surface area contributed by atoms with Crippen LogP contribution in [0.2, 0.25) is 0 Å². The quantitative estimate of drug-likeness (QED) is 0.547. The second-order valence-corrected chi connectivity index (χ2v) is 2.06. The number of hydrogen-bond donors (Lipinski definition) is 2. The van der Waals surface area contributed by atoms with E-state index in [0.717, 1.165) is 6.20 Å². The van der Waals surface area contributed by atoms with Gasteiger partial charge < -0.3 is 10.0 Å². The topological polar surface area (TPSA) is 58.3 Å². The summed E-state index contributed by atoms with van der Waals surface area (Å²) in [5, 5.41) is 19.8. The van der Waals surface area contributed by atoms with E-state index in [4.69, 9.17) is 10.0 Å². The summed E-state index contributed by atoms with van der Waals surface area (Å²) in [6.45, 7) is 0. The smallest absolute Gasteiger partial charge is 0.423 e. The van der Waals surface area contributed by atoms with Gasteiger partial charge in [-0.05, 0) is 0 Å². The third-order valence-electron chi connectivity index (χ3n) is 1.16. The summed E-state index contributed by atoms with van der Waals surface area (Å²) in [6, 6.07) is 0. The van der Waals surface area contributed by atoms with Gasteiger partial charge in [0.2, 0.25) is 0 Å². The molecular weight excluding hydrogens is 176 g/mol. The average molecular weight is 180 g/mol. The van der Waals surface area contributed by atoms with E-state index >= 15 is 0 Å². The third kappa shape index (κ3) is 1.77. The lowest BCUT2D eigenvalue weighted by Gasteiger charge is -2.03. The van der Waals surface area contributed by atoms with Gasteiger partial charge in [-0.15, -0.1) is 13.2 Å². The van der Waals surface area contributed by atoms with E-state index in [1.54, 1.807) is 0 Å². The van der Waals surface area contributed by atoms with Crippen molar-refractivity contribution in [3.05, 3.63) is 12.4 Å². The van der Waals surface area contributed by atoms with Gasteiger partial charge in [-0.25, -0.2) is 0 Å². The van der Waals surface area contributed by atoms with Crippen LogP contribution < -0.4 is 5.46 Å². The molecule has 0 unspecified atom stereocenters. The third-order valence-corrected chi connectivity index (χ3v) is 1.16. The Morgan fingerprint density at radius 1 is 1.42 bits per heavy atom. The molecule has 1 rings (SSSR count). The minimum Gasteiger partial charge on any atom is -0.423 e. The molecule has 0 spiro atoms. The maximum Gasteiger partial charge on any atom is 0.504 e. The van der Waals surface area contributed by atoms with Gasteiger partial charge in [0, 0.05) is 17.9 Å². The Kier molecular flexibility index (Phi) is 2.11. The van der Waals surface area contributed by atoms with Crippen molar-refractivity contribution in [1.82, 2.24) is 9.78 Å². The molecule has 0 fully saturated rings. The van der Waals surface area contributed by atoms with Crippen LogP contribution in [0.3, 0.4) is 0 Å². The summed E-state index contributed by atoms with van der Waals surface area (Å²) in [5.74, 6) is 0. The molecule has 1 heterocycles. The number of nitrogens with zero attached hydrogens (tertiary/aromatic N) is 2. The average Bonchev–Trinajstić information content (AvgIpc) is 2.30. The fourth-order valence-electron chi connectivity index (χ4n) is 0.609. The second kappa shape index (κ2) is 2.79. The molecule has 2 N–H and O–H groups in total. The van der Waals surface area contributed by atoms with Crippen molar-refractivity contribution in [3.8, 4) is 0 Å². The highest BCUT2D eigenvalue weighted by atomic mass is 19.4. The zero-order valence-electron chi connectivity index (χ0n) is 5.65.